The number of nitrogens with zero attached hydrogens (tertiary/aromatic N) is 4. The molecule has 6 heteroatoms. The summed E-state index contributed by atoms with van der Waals surface area (Å²) in [5, 5.41) is 8.51. The van der Waals surface area contributed by atoms with Gasteiger partial charge < -0.3 is 4.57 Å². The van der Waals surface area contributed by atoms with E-state index in [0.717, 1.165) is 27.9 Å². The van der Waals surface area contributed by atoms with Gasteiger partial charge in [0, 0.05) is 42.3 Å². The van der Waals surface area contributed by atoms with Crippen molar-refractivity contribution in [1.82, 2.24) is 19.2 Å². The van der Waals surface area contributed by atoms with Crippen molar-refractivity contribution in [3.05, 3.63) is 64.1 Å². The summed E-state index contributed by atoms with van der Waals surface area (Å²) in [6, 6.07) is 5.62. The van der Waals surface area contributed by atoms with Crippen molar-refractivity contribution in [3.63, 3.8) is 0 Å². The van der Waals surface area contributed by atoms with Crippen molar-refractivity contribution in [2.24, 2.45) is 0 Å². The summed E-state index contributed by atoms with van der Waals surface area (Å²) >= 11 is 1.65. The van der Waals surface area contributed by atoms with E-state index in [0.29, 0.717) is 6.54 Å². The third-order valence-electron chi connectivity index (χ3n) is 3.86. The molecule has 5 nitrogen and oxygen atoms in total. The average Bonchev–Trinajstić information content (AvgIpc) is 3.23. The molecule has 0 aromatic carbocycles. The monoisotopic (exact) mass is 322 g/mol. The van der Waals surface area contributed by atoms with Gasteiger partial charge in [-0.05, 0) is 40.9 Å². The summed E-state index contributed by atoms with van der Waals surface area (Å²) in [7, 11) is 0. The molecule has 4 heterocycles. The third-order valence-corrected chi connectivity index (χ3v) is 4.54. The Morgan fingerprint density at radius 1 is 1.17 bits per heavy atom. The molecule has 4 rings (SSSR count). The van der Waals surface area contributed by atoms with Gasteiger partial charge in [-0.25, -0.2) is 9.50 Å². The second-order valence-corrected chi connectivity index (χ2v) is 6.00. The maximum Gasteiger partial charge on any atom is 0.251 e. The van der Waals surface area contributed by atoms with Crippen LogP contribution in [-0.2, 0) is 6.54 Å². The SMILES string of the molecule is CCn1ccc(-c2cnc3c(-c4ccsc4)cnn3c2)cc1=O. The van der Waals surface area contributed by atoms with Crippen LogP contribution in [0.25, 0.3) is 27.9 Å². The Kier molecular flexibility index (Phi) is 3.31. The number of aryl methyl sites for hydroxylation is 1. The predicted molar refractivity (Wildman–Crippen MR) is 91.7 cm³/mol. The van der Waals surface area contributed by atoms with E-state index < -0.39 is 0 Å². The molecule has 114 valence electrons. The number of thiophene rings is 1. The largest absolute Gasteiger partial charge is 0.316 e. The van der Waals surface area contributed by atoms with E-state index in [4.69, 9.17) is 0 Å². The zero-order valence-electron chi connectivity index (χ0n) is 12.5. The highest BCUT2D eigenvalue weighted by Gasteiger charge is 2.10. The van der Waals surface area contributed by atoms with Gasteiger partial charge in [0.05, 0.1) is 6.20 Å². The molecule has 23 heavy (non-hydrogen) atoms. The molecule has 0 radical (unpaired) electrons. The molecular formula is C17H14N4OS. The molecule has 0 aliphatic carbocycles. The summed E-state index contributed by atoms with van der Waals surface area (Å²) in [6.45, 7) is 2.62. The van der Waals surface area contributed by atoms with Crippen LogP contribution < -0.4 is 5.56 Å². The fourth-order valence-corrected chi connectivity index (χ4v) is 3.25. The second kappa shape index (κ2) is 5.48. The summed E-state index contributed by atoms with van der Waals surface area (Å²) in [6.07, 6.45) is 7.33. The molecule has 0 amide bonds. The van der Waals surface area contributed by atoms with Gasteiger partial charge in [-0.15, -0.1) is 0 Å². The first-order chi connectivity index (χ1) is 11.3. The highest BCUT2D eigenvalue weighted by atomic mass is 32.1. The number of hydrogen-bond acceptors (Lipinski definition) is 4. The highest BCUT2D eigenvalue weighted by molar-refractivity contribution is 7.08. The number of hydrogen-bond donors (Lipinski definition) is 0. The van der Waals surface area contributed by atoms with Gasteiger partial charge >= 0.3 is 0 Å². The lowest BCUT2D eigenvalue weighted by atomic mass is 10.1. The number of pyridine rings is 1. The van der Waals surface area contributed by atoms with E-state index in [1.54, 1.807) is 32.7 Å². The average molecular weight is 322 g/mol. The normalized spacial score (nSPS) is 11.2. The first-order valence-electron chi connectivity index (χ1n) is 7.33. The first kappa shape index (κ1) is 13.9. The lowest BCUT2D eigenvalue weighted by molar-refractivity contribution is 0.728. The lowest BCUT2D eigenvalue weighted by Gasteiger charge is -2.05. The van der Waals surface area contributed by atoms with Gasteiger partial charge in [-0.3, -0.25) is 4.79 Å². The minimum atomic E-state index is -0.00970. The van der Waals surface area contributed by atoms with Crippen molar-refractivity contribution in [1.29, 1.82) is 0 Å². The van der Waals surface area contributed by atoms with Gasteiger partial charge in [0.1, 0.15) is 0 Å². The zero-order chi connectivity index (χ0) is 15.8. The Morgan fingerprint density at radius 2 is 2.09 bits per heavy atom. The maximum atomic E-state index is 12.0. The Labute approximate surface area is 136 Å². The Bertz CT molecular complexity index is 1030. The Hall–Kier alpha value is -2.73. The van der Waals surface area contributed by atoms with Gasteiger partial charge in [0.2, 0.25) is 0 Å². The van der Waals surface area contributed by atoms with Gasteiger partial charge in [-0.1, -0.05) is 0 Å². The molecule has 0 fully saturated rings. The molecule has 0 bridgehead atoms. The van der Waals surface area contributed by atoms with Gasteiger partial charge in [-0.2, -0.15) is 16.4 Å². The van der Waals surface area contributed by atoms with Crippen LogP contribution in [0.2, 0.25) is 0 Å². The molecular weight excluding hydrogens is 308 g/mol. The van der Waals surface area contributed by atoms with Crippen LogP contribution in [-0.4, -0.2) is 19.2 Å². The maximum absolute atomic E-state index is 12.0. The van der Waals surface area contributed by atoms with Crippen molar-refractivity contribution in [2.45, 2.75) is 13.5 Å². The lowest BCUT2D eigenvalue weighted by Crippen LogP contribution is -2.17. The zero-order valence-corrected chi connectivity index (χ0v) is 13.3. The van der Waals surface area contributed by atoms with Gasteiger partial charge in [0.15, 0.2) is 5.65 Å². The second-order valence-electron chi connectivity index (χ2n) is 5.22. The fraction of sp³-hybridized carbons (Fsp3) is 0.118. The van der Waals surface area contributed by atoms with E-state index in [1.807, 2.05) is 37.0 Å². The van der Waals surface area contributed by atoms with E-state index in [-0.39, 0.29) is 5.56 Å². The fourth-order valence-electron chi connectivity index (χ4n) is 2.59. The number of fused-ring (bicyclic) bond motifs is 1. The Balaban J connectivity index is 1.81. The molecule has 0 spiro atoms. The number of aromatic nitrogens is 4. The summed E-state index contributed by atoms with van der Waals surface area (Å²) in [5.41, 5.74) is 4.66. The van der Waals surface area contributed by atoms with E-state index in [9.17, 15) is 4.79 Å². The van der Waals surface area contributed by atoms with Crippen LogP contribution in [0.3, 0.4) is 0 Å². The van der Waals surface area contributed by atoms with Crippen molar-refractivity contribution >= 4 is 17.0 Å². The highest BCUT2D eigenvalue weighted by Crippen LogP contribution is 2.26. The number of rotatable bonds is 3. The molecule has 4 aromatic heterocycles. The Morgan fingerprint density at radius 3 is 2.83 bits per heavy atom. The topological polar surface area (TPSA) is 52.2 Å². The summed E-state index contributed by atoms with van der Waals surface area (Å²) in [5.74, 6) is 0. The minimum Gasteiger partial charge on any atom is -0.316 e. The molecule has 0 saturated heterocycles. The molecule has 0 saturated carbocycles. The third kappa shape index (κ3) is 2.37. The summed E-state index contributed by atoms with van der Waals surface area (Å²) in [4.78, 5) is 16.5. The molecule has 4 aromatic rings. The van der Waals surface area contributed by atoms with Crippen molar-refractivity contribution < 1.29 is 0 Å². The van der Waals surface area contributed by atoms with E-state index in [2.05, 4.69) is 21.5 Å². The van der Waals surface area contributed by atoms with Crippen LogP contribution in [0.15, 0.2) is 58.5 Å². The van der Waals surface area contributed by atoms with Crippen molar-refractivity contribution in [3.8, 4) is 22.3 Å². The van der Waals surface area contributed by atoms with Gasteiger partial charge in [0.25, 0.3) is 5.56 Å². The van der Waals surface area contributed by atoms with Crippen LogP contribution >= 0.6 is 11.3 Å². The van der Waals surface area contributed by atoms with E-state index in [1.165, 1.54) is 0 Å². The van der Waals surface area contributed by atoms with Crippen LogP contribution in [0, 0.1) is 0 Å². The molecule has 0 aliphatic heterocycles. The molecule has 0 N–H and O–H groups in total. The van der Waals surface area contributed by atoms with E-state index >= 15 is 0 Å². The first-order valence-corrected chi connectivity index (χ1v) is 8.27. The minimum absolute atomic E-state index is 0.00970. The smallest absolute Gasteiger partial charge is 0.251 e. The molecule has 0 atom stereocenters. The predicted octanol–water partition coefficient (Wildman–Crippen LogP) is 3.31. The van der Waals surface area contributed by atoms with Crippen molar-refractivity contribution in [2.75, 3.05) is 0 Å². The molecule has 0 unspecified atom stereocenters. The molecule has 0 aliphatic rings. The van der Waals surface area contributed by atoms with Crippen LogP contribution in [0.4, 0.5) is 0 Å². The van der Waals surface area contributed by atoms with Crippen LogP contribution in [0.5, 0.6) is 0 Å². The quantitative estimate of drug-likeness (QED) is 0.581. The van der Waals surface area contributed by atoms with Crippen LogP contribution in [0.1, 0.15) is 6.92 Å². The summed E-state index contributed by atoms with van der Waals surface area (Å²) < 4.78 is 3.42. The standard InChI is InChI=1S/C17H14N4OS/c1-2-20-5-3-12(7-16(20)22)14-8-18-17-15(9-19-21(17)10-14)13-4-6-23-11-13/h3-11H,2H2,1H3.